The van der Waals surface area contributed by atoms with E-state index in [0.717, 1.165) is 11.0 Å². The summed E-state index contributed by atoms with van der Waals surface area (Å²) in [5.41, 5.74) is 3.56. The Morgan fingerprint density at radius 3 is 2.14 bits per heavy atom. The summed E-state index contributed by atoms with van der Waals surface area (Å²) in [6.07, 6.45) is 3.89. The van der Waals surface area contributed by atoms with Crippen molar-refractivity contribution in [1.82, 2.24) is 9.22 Å². The van der Waals surface area contributed by atoms with Crippen molar-refractivity contribution in [2.45, 2.75) is 58.2 Å². The summed E-state index contributed by atoms with van der Waals surface area (Å²) in [5, 5.41) is 10.1. The van der Waals surface area contributed by atoms with Crippen molar-refractivity contribution in [2.75, 3.05) is 0 Å². The molecule has 0 aliphatic rings. The summed E-state index contributed by atoms with van der Waals surface area (Å²) < 4.78 is 2.48. The van der Waals surface area contributed by atoms with Gasteiger partial charge in [-0.15, -0.1) is 0 Å². The highest BCUT2D eigenvalue weighted by molar-refractivity contribution is 6.82. The first-order valence-corrected chi connectivity index (χ1v) is 9.91. The summed E-state index contributed by atoms with van der Waals surface area (Å²) in [7, 11) is -1.77. The highest BCUT2D eigenvalue weighted by atomic mass is 28.3. The SMILES string of the molecule is CC(C)[Si](C(C)C)(C(C)C)n1ccc2cc(C#N)cnc21. The third-order valence-electron chi connectivity index (χ3n) is 4.85. The number of hydrogen-bond donors (Lipinski definition) is 0. The largest absolute Gasteiger partial charge is 0.359 e. The molecule has 0 saturated heterocycles. The van der Waals surface area contributed by atoms with E-state index in [2.05, 4.69) is 69.1 Å². The predicted molar refractivity (Wildman–Crippen MR) is 90.9 cm³/mol. The van der Waals surface area contributed by atoms with Gasteiger partial charge in [0.2, 0.25) is 0 Å². The molecule has 0 aliphatic heterocycles. The normalized spacial score (nSPS) is 12.6. The lowest BCUT2D eigenvalue weighted by Crippen LogP contribution is -2.51. The first-order chi connectivity index (χ1) is 9.85. The van der Waals surface area contributed by atoms with Gasteiger partial charge in [-0.3, -0.25) is 0 Å². The standard InChI is InChI=1S/C17H25N3Si/c1-12(2)21(13(3)4,14(5)6)20-8-7-16-9-15(10-18)11-19-17(16)20/h7-9,11-14H,1-6H3. The van der Waals surface area contributed by atoms with Crippen molar-refractivity contribution in [2.24, 2.45) is 0 Å². The molecule has 0 aromatic carbocycles. The quantitative estimate of drug-likeness (QED) is 0.751. The van der Waals surface area contributed by atoms with E-state index in [9.17, 15) is 0 Å². The van der Waals surface area contributed by atoms with Gasteiger partial charge < -0.3 is 4.23 Å². The molecule has 0 aliphatic carbocycles. The molecule has 2 rings (SSSR count). The molecule has 0 radical (unpaired) electrons. The molecule has 2 aromatic rings. The first-order valence-electron chi connectivity index (χ1n) is 7.73. The zero-order valence-corrected chi connectivity index (χ0v) is 14.9. The summed E-state index contributed by atoms with van der Waals surface area (Å²) in [6, 6.07) is 6.23. The van der Waals surface area contributed by atoms with E-state index >= 15 is 0 Å². The second-order valence-electron chi connectivity index (χ2n) is 6.79. The third kappa shape index (κ3) is 2.30. The van der Waals surface area contributed by atoms with Gasteiger partial charge in [0.1, 0.15) is 11.7 Å². The number of hydrogen-bond acceptors (Lipinski definition) is 2. The fraction of sp³-hybridized carbons (Fsp3) is 0.529. The van der Waals surface area contributed by atoms with E-state index in [1.54, 1.807) is 6.20 Å². The molecular weight excluding hydrogens is 274 g/mol. The van der Waals surface area contributed by atoms with Gasteiger partial charge >= 0.3 is 0 Å². The lowest BCUT2D eigenvalue weighted by atomic mass is 10.2. The Morgan fingerprint density at radius 1 is 1.10 bits per heavy atom. The Balaban J connectivity index is 2.75. The fourth-order valence-electron chi connectivity index (χ4n) is 4.23. The Bertz CT molecular complexity index is 655. The van der Waals surface area contributed by atoms with Crippen molar-refractivity contribution in [3.8, 4) is 6.07 Å². The van der Waals surface area contributed by atoms with Crippen LogP contribution in [0.3, 0.4) is 0 Å². The second-order valence-corrected chi connectivity index (χ2v) is 12.5. The van der Waals surface area contributed by atoms with Crippen LogP contribution in [0.15, 0.2) is 24.5 Å². The predicted octanol–water partition coefficient (Wildman–Crippen LogP) is 4.93. The van der Waals surface area contributed by atoms with Crippen molar-refractivity contribution >= 4 is 19.3 Å². The molecule has 4 heteroatoms. The Morgan fingerprint density at radius 2 is 1.67 bits per heavy atom. The molecule has 21 heavy (non-hydrogen) atoms. The summed E-state index contributed by atoms with van der Waals surface area (Å²) >= 11 is 0. The number of fused-ring (bicyclic) bond motifs is 1. The Kier molecular flexibility index (Phi) is 4.24. The first kappa shape index (κ1) is 15.8. The average Bonchev–Trinajstić information content (AvgIpc) is 2.81. The maximum Gasteiger partial charge on any atom is 0.171 e. The lowest BCUT2D eigenvalue weighted by molar-refractivity contribution is 0.770. The molecule has 0 fully saturated rings. The van der Waals surface area contributed by atoms with E-state index in [1.165, 1.54) is 0 Å². The Hall–Kier alpha value is -1.60. The molecule has 0 unspecified atom stereocenters. The molecule has 0 spiro atoms. The summed E-state index contributed by atoms with van der Waals surface area (Å²) in [4.78, 5) is 4.60. The number of nitrogens with zero attached hydrogens (tertiary/aromatic N) is 3. The van der Waals surface area contributed by atoms with Gasteiger partial charge in [-0.05, 0) is 35.0 Å². The minimum absolute atomic E-state index is 0.630. The minimum atomic E-state index is -1.77. The highest BCUT2D eigenvalue weighted by Gasteiger charge is 2.45. The highest BCUT2D eigenvalue weighted by Crippen LogP contribution is 2.43. The third-order valence-corrected chi connectivity index (χ3v) is 11.6. The molecule has 0 saturated carbocycles. The molecule has 0 N–H and O–H groups in total. The average molecular weight is 299 g/mol. The van der Waals surface area contributed by atoms with E-state index < -0.39 is 8.24 Å². The zero-order chi connectivity index (χ0) is 15.8. The van der Waals surface area contributed by atoms with Crippen LogP contribution in [0.4, 0.5) is 0 Å². The number of aromatic nitrogens is 2. The topological polar surface area (TPSA) is 41.6 Å². The van der Waals surface area contributed by atoms with Gasteiger partial charge in [-0.2, -0.15) is 5.26 Å². The van der Waals surface area contributed by atoms with Crippen LogP contribution in [0.5, 0.6) is 0 Å². The van der Waals surface area contributed by atoms with Crippen molar-refractivity contribution in [3.63, 3.8) is 0 Å². The molecule has 2 aromatic heterocycles. The van der Waals surface area contributed by atoms with Crippen LogP contribution in [0.25, 0.3) is 11.0 Å². The van der Waals surface area contributed by atoms with Crippen molar-refractivity contribution < 1.29 is 0 Å². The summed E-state index contributed by atoms with van der Waals surface area (Å²) in [6.45, 7) is 14.1. The molecule has 0 atom stereocenters. The molecule has 0 amide bonds. The van der Waals surface area contributed by atoms with Gasteiger partial charge in [0.15, 0.2) is 8.24 Å². The lowest BCUT2D eigenvalue weighted by Gasteiger charge is -2.44. The van der Waals surface area contributed by atoms with E-state index in [1.807, 2.05) is 6.07 Å². The summed E-state index contributed by atoms with van der Waals surface area (Å²) in [5.74, 6) is 0. The van der Waals surface area contributed by atoms with Crippen LogP contribution < -0.4 is 0 Å². The van der Waals surface area contributed by atoms with Gasteiger partial charge in [0.05, 0.1) is 5.56 Å². The van der Waals surface area contributed by atoms with Crippen LogP contribution in [0.2, 0.25) is 16.6 Å². The fourth-order valence-corrected chi connectivity index (χ4v) is 10.8. The van der Waals surface area contributed by atoms with Crippen LogP contribution >= 0.6 is 0 Å². The number of nitriles is 1. The Labute approximate surface area is 128 Å². The van der Waals surface area contributed by atoms with Gasteiger partial charge in [-0.1, -0.05) is 41.5 Å². The molecule has 0 bridgehead atoms. The molecule has 3 nitrogen and oxygen atoms in total. The second kappa shape index (κ2) is 5.65. The molecular formula is C17H25N3Si. The van der Waals surface area contributed by atoms with Crippen molar-refractivity contribution in [1.29, 1.82) is 5.26 Å². The minimum Gasteiger partial charge on any atom is -0.359 e. The maximum atomic E-state index is 9.04. The molecule has 112 valence electrons. The van der Waals surface area contributed by atoms with Gasteiger partial charge in [0, 0.05) is 11.6 Å². The van der Waals surface area contributed by atoms with Gasteiger partial charge in [0.25, 0.3) is 0 Å². The maximum absolute atomic E-state index is 9.04. The smallest absolute Gasteiger partial charge is 0.171 e. The number of pyridine rings is 1. The van der Waals surface area contributed by atoms with Crippen LogP contribution in [0, 0.1) is 11.3 Å². The number of rotatable bonds is 4. The van der Waals surface area contributed by atoms with Crippen LogP contribution in [-0.2, 0) is 0 Å². The zero-order valence-electron chi connectivity index (χ0n) is 13.9. The van der Waals surface area contributed by atoms with E-state index in [-0.39, 0.29) is 0 Å². The van der Waals surface area contributed by atoms with Crippen molar-refractivity contribution in [3.05, 3.63) is 30.1 Å². The molecule has 2 heterocycles. The van der Waals surface area contributed by atoms with E-state index in [4.69, 9.17) is 5.26 Å². The monoisotopic (exact) mass is 299 g/mol. The van der Waals surface area contributed by atoms with Crippen LogP contribution in [0.1, 0.15) is 47.1 Å². The van der Waals surface area contributed by atoms with E-state index in [0.29, 0.717) is 22.2 Å². The van der Waals surface area contributed by atoms with Crippen LogP contribution in [-0.4, -0.2) is 17.5 Å². The van der Waals surface area contributed by atoms with Gasteiger partial charge in [-0.25, -0.2) is 4.98 Å².